The number of ether oxygens (including phenoxy) is 1. The molecule has 0 bridgehead atoms. The highest BCUT2D eigenvalue weighted by molar-refractivity contribution is 5.82. The number of likely N-dealkylation sites (N-methyl/N-ethyl adjacent to an activating group) is 1. The first-order chi connectivity index (χ1) is 13.0. The van der Waals surface area contributed by atoms with E-state index in [2.05, 4.69) is 15.5 Å². The molecule has 1 aromatic carbocycles. The van der Waals surface area contributed by atoms with Gasteiger partial charge in [0.2, 0.25) is 0 Å². The van der Waals surface area contributed by atoms with Crippen LogP contribution in [0.5, 0.6) is 0 Å². The van der Waals surface area contributed by atoms with Gasteiger partial charge in [0.25, 0.3) is 5.91 Å². The summed E-state index contributed by atoms with van der Waals surface area (Å²) in [5, 5.41) is 9.72. The van der Waals surface area contributed by atoms with E-state index in [0.29, 0.717) is 13.2 Å². The summed E-state index contributed by atoms with van der Waals surface area (Å²) in [6.45, 7) is 1.19. The van der Waals surface area contributed by atoms with Gasteiger partial charge in [0.15, 0.2) is 6.10 Å². The summed E-state index contributed by atoms with van der Waals surface area (Å²) < 4.78 is 18.6. The Morgan fingerprint density at radius 1 is 1.37 bits per heavy atom. The molecule has 8 nitrogen and oxygen atoms in total. The minimum absolute atomic E-state index is 0.166. The molecule has 1 atom stereocenters. The van der Waals surface area contributed by atoms with E-state index in [1.54, 1.807) is 37.3 Å². The van der Waals surface area contributed by atoms with Crippen molar-refractivity contribution < 1.29 is 18.7 Å². The van der Waals surface area contributed by atoms with Gasteiger partial charge in [-0.1, -0.05) is 0 Å². The highest BCUT2D eigenvalue weighted by Crippen LogP contribution is 2.21. The van der Waals surface area contributed by atoms with Crippen molar-refractivity contribution in [2.75, 3.05) is 33.8 Å². The average Bonchev–Trinajstić information content (AvgIpc) is 3.14. The molecule has 144 valence electrons. The molecule has 2 aromatic rings. The average molecular weight is 375 g/mol. The Morgan fingerprint density at radius 3 is 2.81 bits per heavy atom. The van der Waals surface area contributed by atoms with Crippen LogP contribution in [0.25, 0.3) is 11.3 Å². The largest absolute Gasteiger partial charge is 0.365 e. The maximum atomic E-state index is 13.1. The van der Waals surface area contributed by atoms with E-state index < -0.39 is 6.10 Å². The summed E-state index contributed by atoms with van der Waals surface area (Å²) in [7, 11) is 3.31. The van der Waals surface area contributed by atoms with Crippen LogP contribution in [0, 0.1) is 5.82 Å². The fourth-order valence-corrected chi connectivity index (χ4v) is 2.87. The van der Waals surface area contributed by atoms with Crippen molar-refractivity contribution in [1.29, 1.82) is 0 Å². The van der Waals surface area contributed by atoms with E-state index in [-0.39, 0.29) is 30.8 Å². The molecule has 0 spiro atoms. The smallest absolute Gasteiger partial charge is 0.317 e. The molecule has 1 fully saturated rings. The van der Waals surface area contributed by atoms with Crippen LogP contribution >= 0.6 is 0 Å². The van der Waals surface area contributed by atoms with Crippen molar-refractivity contribution in [2.45, 2.75) is 12.6 Å². The molecule has 9 heteroatoms. The molecular weight excluding hydrogens is 353 g/mol. The molecule has 3 rings (SSSR count). The predicted molar refractivity (Wildman–Crippen MR) is 96.2 cm³/mol. The fourth-order valence-electron chi connectivity index (χ4n) is 2.87. The van der Waals surface area contributed by atoms with Crippen molar-refractivity contribution in [3.05, 3.63) is 41.8 Å². The third kappa shape index (κ3) is 4.43. The number of urea groups is 1. The normalized spacial score (nSPS) is 16.9. The number of morpholine rings is 1. The number of H-pyrrole nitrogens is 1. The van der Waals surface area contributed by atoms with Crippen LogP contribution in [-0.4, -0.2) is 71.8 Å². The van der Waals surface area contributed by atoms with Crippen LogP contribution < -0.4 is 5.32 Å². The number of amides is 3. The summed E-state index contributed by atoms with van der Waals surface area (Å²) >= 11 is 0. The molecule has 1 saturated heterocycles. The minimum atomic E-state index is -0.650. The molecule has 2 heterocycles. The van der Waals surface area contributed by atoms with E-state index in [4.69, 9.17) is 4.74 Å². The van der Waals surface area contributed by atoms with Gasteiger partial charge < -0.3 is 19.9 Å². The van der Waals surface area contributed by atoms with Gasteiger partial charge in [-0.3, -0.25) is 9.89 Å². The van der Waals surface area contributed by atoms with Gasteiger partial charge in [-0.25, -0.2) is 9.18 Å². The monoisotopic (exact) mass is 375 g/mol. The summed E-state index contributed by atoms with van der Waals surface area (Å²) in [5.74, 6) is -0.483. The second-order valence-corrected chi connectivity index (χ2v) is 6.47. The number of aromatic amines is 1. The maximum absolute atomic E-state index is 13.1. The standard InChI is InChI=1S/C18H22FN5O3/c1-23(2)17(25)15-11-24(7-8-27-15)18(26)20-9-13-10-21-22-16(13)12-3-5-14(19)6-4-12/h3-6,10,15H,7-9,11H2,1-2H3,(H,20,26)(H,21,22). The van der Waals surface area contributed by atoms with E-state index in [0.717, 1.165) is 16.8 Å². The summed E-state index contributed by atoms with van der Waals surface area (Å²) in [6, 6.07) is 5.75. The quantitative estimate of drug-likeness (QED) is 0.841. The molecule has 1 aliphatic heterocycles. The summed E-state index contributed by atoms with van der Waals surface area (Å²) in [6.07, 6.45) is 0.972. The second-order valence-electron chi connectivity index (χ2n) is 6.47. The van der Waals surface area contributed by atoms with Crippen molar-refractivity contribution in [2.24, 2.45) is 0 Å². The highest BCUT2D eigenvalue weighted by Gasteiger charge is 2.30. The van der Waals surface area contributed by atoms with Crippen molar-refractivity contribution >= 4 is 11.9 Å². The summed E-state index contributed by atoms with van der Waals surface area (Å²) in [5.41, 5.74) is 2.28. The third-order valence-electron chi connectivity index (χ3n) is 4.35. The Balaban J connectivity index is 1.61. The first-order valence-corrected chi connectivity index (χ1v) is 8.59. The zero-order chi connectivity index (χ0) is 19.4. The lowest BCUT2D eigenvalue weighted by atomic mass is 10.1. The number of nitrogens with one attached hydrogen (secondary N) is 2. The molecule has 1 aliphatic rings. The number of benzene rings is 1. The lowest BCUT2D eigenvalue weighted by molar-refractivity contribution is -0.145. The molecule has 0 radical (unpaired) electrons. The van der Waals surface area contributed by atoms with Crippen LogP contribution in [-0.2, 0) is 16.1 Å². The van der Waals surface area contributed by atoms with Gasteiger partial charge in [-0.15, -0.1) is 0 Å². The highest BCUT2D eigenvalue weighted by atomic mass is 19.1. The van der Waals surface area contributed by atoms with Gasteiger partial charge in [-0.2, -0.15) is 5.10 Å². The van der Waals surface area contributed by atoms with Crippen molar-refractivity contribution in [3.63, 3.8) is 0 Å². The number of nitrogens with zero attached hydrogens (tertiary/aromatic N) is 3. The molecule has 0 saturated carbocycles. The van der Waals surface area contributed by atoms with Crippen LogP contribution in [0.4, 0.5) is 9.18 Å². The minimum Gasteiger partial charge on any atom is -0.365 e. The first kappa shape index (κ1) is 18.8. The number of rotatable bonds is 4. The van der Waals surface area contributed by atoms with Gasteiger partial charge in [0, 0.05) is 38.3 Å². The topological polar surface area (TPSA) is 90.6 Å². The maximum Gasteiger partial charge on any atom is 0.317 e. The number of hydrogen-bond donors (Lipinski definition) is 2. The number of hydrogen-bond acceptors (Lipinski definition) is 4. The zero-order valence-electron chi connectivity index (χ0n) is 15.2. The van der Waals surface area contributed by atoms with Crippen LogP contribution in [0.1, 0.15) is 5.56 Å². The van der Waals surface area contributed by atoms with Gasteiger partial charge in [0.1, 0.15) is 5.82 Å². The molecule has 1 aromatic heterocycles. The number of carbonyl (C=O) groups excluding carboxylic acids is 2. The van der Waals surface area contributed by atoms with E-state index in [9.17, 15) is 14.0 Å². The van der Waals surface area contributed by atoms with Gasteiger partial charge >= 0.3 is 6.03 Å². The third-order valence-corrected chi connectivity index (χ3v) is 4.35. The molecule has 0 aliphatic carbocycles. The Labute approximate surface area is 156 Å². The van der Waals surface area contributed by atoms with Gasteiger partial charge in [0.05, 0.1) is 25.0 Å². The lowest BCUT2D eigenvalue weighted by Crippen LogP contribution is -2.53. The van der Waals surface area contributed by atoms with Crippen LogP contribution in [0.3, 0.4) is 0 Å². The lowest BCUT2D eigenvalue weighted by Gasteiger charge is -2.33. The van der Waals surface area contributed by atoms with E-state index in [1.165, 1.54) is 17.0 Å². The molecule has 2 N–H and O–H groups in total. The molecule has 27 heavy (non-hydrogen) atoms. The Morgan fingerprint density at radius 2 is 2.11 bits per heavy atom. The fraction of sp³-hybridized carbons (Fsp3) is 0.389. The Kier molecular flexibility index (Phi) is 5.70. The predicted octanol–water partition coefficient (Wildman–Crippen LogP) is 1.21. The van der Waals surface area contributed by atoms with Crippen LogP contribution in [0.15, 0.2) is 30.5 Å². The number of halogens is 1. The molecular formula is C18H22FN5O3. The second kappa shape index (κ2) is 8.17. The van der Waals surface area contributed by atoms with Crippen LogP contribution in [0.2, 0.25) is 0 Å². The zero-order valence-corrected chi connectivity index (χ0v) is 15.2. The number of aromatic nitrogens is 2. The molecule has 3 amide bonds. The van der Waals surface area contributed by atoms with E-state index in [1.807, 2.05) is 0 Å². The van der Waals surface area contributed by atoms with Crippen molar-refractivity contribution in [3.8, 4) is 11.3 Å². The SMILES string of the molecule is CN(C)C(=O)C1CN(C(=O)NCc2cn[nH]c2-c2ccc(F)cc2)CCO1. The Hall–Kier alpha value is -2.94. The number of carbonyl (C=O) groups is 2. The van der Waals surface area contributed by atoms with Crippen molar-refractivity contribution in [1.82, 2.24) is 25.3 Å². The summed E-state index contributed by atoms with van der Waals surface area (Å²) in [4.78, 5) is 27.5. The molecule has 1 unspecified atom stereocenters. The first-order valence-electron chi connectivity index (χ1n) is 8.59. The van der Waals surface area contributed by atoms with E-state index >= 15 is 0 Å². The Bertz CT molecular complexity index is 806. The van der Waals surface area contributed by atoms with Gasteiger partial charge in [-0.05, 0) is 24.3 Å².